The van der Waals surface area contributed by atoms with Crippen molar-refractivity contribution in [1.29, 1.82) is 0 Å². The van der Waals surface area contributed by atoms with Crippen LogP contribution in [0.5, 0.6) is 0 Å². The molecule has 9 heteroatoms. The van der Waals surface area contributed by atoms with E-state index in [9.17, 15) is 4.79 Å². The molecular formula is C20H40O9. The SMILES string of the molecule is CCCC(=O)OCCOCCOCCOCCOCCOCCOCCOCC. The average molecular weight is 425 g/mol. The van der Waals surface area contributed by atoms with Crippen LogP contribution in [0.2, 0.25) is 0 Å². The highest BCUT2D eigenvalue weighted by atomic mass is 16.6. The molecule has 0 aliphatic rings. The average Bonchev–Trinajstić information content (AvgIpc) is 2.72. The van der Waals surface area contributed by atoms with E-state index < -0.39 is 0 Å². The lowest BCUT2D eigenvalue weighted by Crippen LogP contribution is -2.15. The maximum Gasteiger partial charge on any atom is 0.305 e. The maximum atomic E-state index is 11.1. The number of rotatable bonds is 24. The molecule has 0 unspecified atom stereocenters. The second kappa shape index (κ2) is 25.2. The first-order valence-corrected chi connectivity index (χ1v) is 10.5. The molecule has 0 aromatic heterocycles. The summed E-state index contributed by atoms with van der Waals surface area (Å²) in [7, 11) is 0. The number of carbonyl (C=O) groups is 1. The predicted molar refractivity (Wildman–Crippen MR) is 107 cm³/mol. The van der Waals surface area contributed by atoms with Crippen LogP contribution in [0.15, 0.2) is 0 Å². The van der Waals surface area contributed by atoms with Crippen LogP contribution in [0.25, 0.3) is 0 Å². The second-order valence-electron chi connectivity index (χ2n) is 5.84. The molecule has 29 heavy (non-hydrogen) atoms. The van der Waals surface area contributed by atoms with E-state index in [1.165, 1.54) is 0 Å². The molecule has 0 bridgehead atoms. The van der Waals surface area contributed by atoms with Crippen molar-refractivity contribution < 1.29 is 42.7 Å². The third kappa shape index (κ3) is 25.2. The van der Waals surface area contributed by atoms with Crippen molar-refractivity contribution in [2.75, 3.05) is 99.1 Å². The third-order valence-electron chi connectivity index (χ3n) is 3.38. The van der Waals surface area contributed by atoms with Crippen LogP contribution in [0, 0.1) is 0 Å². The Labute approximate surface area is 175 Å². The molecule has 174 valence electrons. The Morgan fingerprint density at radius 2 is 0.793 bits per heavy atom. The molecule has 9 nitrogen and oxygen atoms in total. The van der Waals surface area contributed by atoms with Crippen LogP contribution in [0.3, 0.4) is 0 Å². The minimum atomic E-state index is -0.181. The van der Waals surface area contributed by atoms with Crippen LogP contribution in [-0.2, 0) is 42.7 Å². The van der Waals surface area contributed by atoms with Crippen molar-refractivity contribution in [3.05, 3.63) is 0 Å². The van der Waals surface area contributed by atoms with Gasteiger partial charge in [-0.1, -0.05) is 6.92 Å². The first-order valence-electron chi connectivity index (χ1n) is 10.5. The van der Waals surface area contributed by atoms with Gasteiger partial charge in [-0.25, -0.2) is 0 Å². The number of hydrogen-bond acceptors (Lipinski definition) is 9. The molecule has 0 saturated carbocycles. The van der Waals surface area contributed by atoms with Gasteiger partial charge in [0.25, 0.3) is 0 Å². The summed E-state index contributed by atoms with van der Waals surface area (Å²) in [6.07, 6.45) is 1.25. The fourth-order valence-corrected chi connectivity index (χ4v) is 1.95. The molecule has 0 amide bonds. The van der Waals surface area contributed by atoms with Crippen molar-refractivity contribution in [3.63, 3.8) is 0 Å². The number of ether oxygens (including phenoxy) is 8. The lowest BCUT2D eigenvalue weighted by atomic mass is 10.3. The van der Waals surface area contributed by atoms with Crippen LogP contribution in [0.1, 0.15) is 26.7 Å². The highest BCUT2D eigenvalue weighted by Gasteiger charge is 1.99. The molecule has 0 aromatic rings. The molecule has 0 fully saturated rings. The maximum absolute atomic E-state index is 11.1. The van der Waals surface area contributed by atoms with E-state index in [2.05, 4.69) is 0 Å². The summed E-state index contributed by atoms with van der Waals surface area (Å²) < 4.78 is 42.3. The van der Waals surface area contributed by atoms with E-state index in [1.807, 2.05) is 13.8 Å². The van der Waals surface area contributed by atoms with Crippen molar-refractivity contribution in [3.8, 4) is 0 Å². The van der Waals surface area contributed by atoms with Crippen LogP contribution in [0.4, 0.5) is 0 Å². The molecule has 0 atom stereocenters. The summed E-state index contributed by atoms with van der Waals surface area (Å²) in [6, 6.07) is 0. The molecule has 0 radical (unpaired) electrons. The van der Waals surface area contributed by atoms with E-state index in [-0.39, 0.29) is 12.6 Å². The zero-order valence-electron chi connectivity index (χ0n) is 18.2. The highest BCUT2D eigenvalue weighted by molar-refractivity contribution is 5.69. The minimum Gasteiger partial charge on any atom is -0.463 e. The largest absolute Gasteiger partial charge is 0.463 e. The minimum absolute atomic E-state index is 0.181. The molecule has 0 rings (SSSR count). The van der Waals surface area contributed by atoms with Gasteiger partial charge in [-0.15, -0.1) is 0 Å². The van der Waals surface area contributed by atoms with Crippen molar-refractivity contribution in [2.24, 2.45) is 0 Å². The molecule has 0 aliphatic heterocycles. The van der Waals surface area contributed by atoms with Gasteiger partial charge >= 0.3 is 5.97 Å². The molecule has 0 aromatic carbocycles. The van der Waals surface area contributed by atoms with Crippen molar-refractivity contribution in [1.82, 2.24) is 0 Å². The fourth-order valence-electron chi connectivity index (χ4n) is 1.95. The Morgan fingerprint density at radius 3 is 1.10 bits per heavy atom. The fraction of sp³-hybridized carbons (Fsp3) is 0.950. The normalized spacial score (nSPS) is 11.1. The van der Waals surface area contributed by atoms with Gasteiger partial charge in [-0.3, -0.25) is 4.79 Å². The summed E-state index contributed by atoms with van der Waals surface area (Å²) in [5.41, 5.74) is 0. The summed E-state index contributed by atoms with van der Waals surface area (Å²) >= 11 is 0. The quantitative estimate of drug-likeness (QED) is 0.169. The summed E-state index contributed by atoms with van der Waals surface area (Å²) in [5.74, 6) is -0.181. The van der Waals surface area contributed by atoms with Gasteiger partial charge in [0.2, 0.25) is 0 Å². The Bertz CT molecular complexity index is 329. The summed E-state index contributed by atoms with van der Waals surface area (Å²) in [4.78, 5) is 11.1. The molecular weight excluding hydrogens is 384 g/mol. The Kier molecular flexibility index (Phi) is 24.5. The van der Waals surface area contributed by atoms with Gasteiger partial charge in [0.05, 0.1) is 85.9 Å². The van der Waals surface area contributed by atoms with Gasteiger partial charge in [-0.05, 0) is 13.3 Å². The van der Waals surface area contributed by atoms with Gasteiger partial charge in [-0.2, -0.15) is 0 Å². The molecule has 0 heterocycles. The third-order valence-corrected chi connectivity index (χ3v) is 3.38. The van der Waals surface area contributed by atoms with Gasteiger partial charge in [0.1, 0.15) is 6.61 Å². The molecule has 0 saturated heterocycles. The predicted octanol–water partition coefficient (Wildman–Crippen LogP) is 1.47. The zero-order valence-corrected chi connectivity index (χ0v) is 18.2. The Morgan fingerprint density at radius 1 is 0.483 bits per heavy atom. The van der Waals surface area contributed by atoms with Crippen molar-refractivity contribution >= 4 is 5.97 Å². The van der Waals surface area contributed by atoms with Crippen LogP contribution < -0.4 is 0 Å². The first kappa shape index (κ1) is 28.2. The number of hydrogen-bond donors (Lipinski definition) is 0. The Balaban J connectivity index is 3.02. The first-order chi connectivity index (χ1) is 14.3. The molecule has 0 aliphatic carbocycles. The molecule has 0 spiro atoms. The second-order valence-corrected chi connectivity index (χ2v) is 5.84. The zero-order chi connectivity index (χ0) is 21.3. The van der Waals surface area contributed by atoms with Crippen molar-refractivity contribution in [2.45, 2.75) is 26.7 Å². The Hall–Kier alpha value is -0.810. The van der Waals surface area contributed by atoms with E-state index in [1.54, 1.807) is 0 Å². The number of esters is 1. The smallest absolute Gasteiger partial charge is 0.305 e. The van der Waals surface area contributed by atoms with Gasteiger partial charge in [0.15, 0.2) is 0 Å². The molecule has 0 N–H and O–H groups in total. The van der Waals surface area contributed by atoms with E-state index in [0.717, 1.165) is 6.42 Å². The topological polar surface area (TPSA) is 90.9 Å². The number of carbonyl (C=O) groups excluding carboxylic acids is 1. The lowest BCUT2D eigenvalue weighted by Gasteiger charge is -2.08. The van der Waals surface area contributed by atoms with Gasteiger partial charge < -0.3 is 37.9 Å². The van der Waals surface area contributed by atoms with E-state index in [0.29, 0.717) is 98.9 Å². The summed E-state index contributed by atoms with van der Waals surface area (Å²) in [5, 5.41) is 0. The monoisotopic (exact) mass is 424 g/mol. The van der Waals surface area contributed by atoms with E-state index in [4.69, 9.17) is 37.9 Å². The standard InChI is InChI=1S/C20H40O9/c1-3-5-20(21)29-19-18-28-17-16-27-15-14-26-13-12-25-11-10-24-9-8-23-7-6-22-4-2/h3-19H2,1-2H3. The lowest BCUT2D eigenvalue weighted by molar-refractivity contribution is -0.145. The van der Waals surface area contributed by atoms with E-state index >= 15 is 0 Å². The van der Waals surface area contributed by atoms with Gasteiger partial charge in [0, 0.05) is 13.0 Å². The summed E-state index contributed by atoms with van der Waals surface area (Å²) in [6.45, 7) is 11.7. The highest BCUT2D eigenvalue weighted by Crippen LogP contribution is 1.91. The van der Waals surface area contributed by atoms with Crippen LogP contribution in [-0.4, -0.2) is 105 Å². The van der Waals surface area contributed by atoms with Crippen LogP contribution >= 0.6 is 0 Å².